The molecule has 0 saturated heterocycles. The first-order valence-electron chi connectivity index (χ1n) is 6.45. The predicted molar refractivity (Wildman–Crippen MR) is 80.8 cm³/mol. The smallest absolute Gasteiger partial charge is 0.246 e. The summed E-state index contributed by atoms with van der Waals surface area (Å²) < 4.78 is 31.7. The highest BCUT2D eigenvalue weighted by Crippen LogP contribution is 2.24. The molecule has 5 nitrogen and oxygen atoms in total. The van der Waals surface area contributed by atoms with Gasteiger partial charge in [-0.25, -0.2) is 12.7 Å². The second-order valence-corrected chi connectivity index (χ2v) is 6.98. The number of aryl methyl sites for hydroxylation is 1. The minimum atomic E-state index is -3.56. The number of aromatic nitrogens is 1. The van der Waals surface area contributed by atoms with E-state index in [1.165, 1.54) is 10.4 Å². The molecule has 21 heavy (non-hydrogen) atoms. The van der Waals surface area contributed by atoms with Crippen molar-refractivity contribution in [2.45, 2.75) is 24.1 Å². The van der Waals surface area contributed by atoms with Crippen molar-refractivity contribution < 1.29 is 12.8 Å². The number of hydrogen-bond acceptors (Lipinski definition) is 4. The van der Waals surface area contributed by atoms with Gasteiger partial charge in [0.2, 0.25) is 10.0 Å². The lowest BCUT2D eigenvalue weighted by Crippen LogP contribution is -2.29. The zero-order valence-electron chi connectivity index (χ0n) is 11.9. The zero-order chi connectivity index (χ0) is 15.5. The minimum absolute atomic E-state index is 0.150. The Labute approximate surface area is 129 Å². The summed E-state index contributed by atoms with van der Waals surface area (Å²) in [6.45, 7) is 2.01. The van der Waals surface area contributed by atoms with Gasteiger partial charge in [-0.2, -0.15) is 0 Å². The van der Waals surface area contributed by atoms with Crippen LogP contribution in [-0.2, 0) is 22.3 Å². The first-order chi connectivity index (χ1) is 9.95. The molecule has 0 fully saturated rings. The summed E-state index contributed by atoms with van der Waals surface area (Å²) in [6, 6.07) is 5.23. The Balaban J connectivity index is 2.13. The molecule has 0 aliphatic rings. The topological polar surface area (TPSA) is 63.4 Å². The van der Waals surface area contributed by atoms with Crippen LogP contribution in [0.1, 0.15) is 17.1 Å². The largest absolute Gasteiger partial charge is 0.464 e. The maximum atomic E-state index is 12.5. The summed E-state index contributed by atoms with van der Waals surface area (Å²) in [5.41, 5.74) is 1.04. The van der Waals surface area contributed by atoms with Crippen molar-refractivity contribution in [2.24, 2.45) is 0 Å². The standard InChI is InChI=1S/C14H17ClN2O3S/c1-11-14(9-13(10-15)20-11)21(18,19)17(2)8-5-12-3-6-16-7-4-12/h3-4,6-7,9H,5,8,10H2,1-2H3. The van der Waals surface area contributed by atoms with Gasteiger partial charge in [-0.3, -0.25) is 4.98 Å². The molecule has 0 aliphatic heterocycles. The maximum absolute atomic E-state index is 12.5. The van der Waals surface area contributed by atoms with E-state index in [4.69, 9.17) is 16.0 Å². The van der Waals surface area contributed by atoms with Crippen molar-refractivity contribution in [3.63, 3.8) is 0 Å². The van der Waals surface area contributed by atoms with Crippen LogP contribution in [0.25, 0.3) is 0 Å². The highest BCUT2D eigenvalue weighted by Gasteiger charge is 2.25. The van der Waals surface area contributed by atoms with E-state index in [2.05, 4.69) is 4.98 Å². The molecule has 0 amide bonds. The molecule has 114 valence electrons. The van der Waals surface area contributed by atoms with Crippen molar-refractivity contribution in [2.75, 3.05) is 13.6 Å². The second kappa shape index (κ2) is 6.60. The third-order valence-corrected chi connectivity index (χ3v) is 5.44. The van der Waals surface area contributed by atoms with Crippen molar-refractivity contribution >= 4 is 21.6 Å². The number of furan rings is 1. The molecule has 2 aromatic heterocycles. The van der Waals surface area contributed by atoms with E-state index in [1.54, 1.807) is 26.4 Å². The average molecular weight is 329 g/mol. The minimum Gasteiger partial charge on any atom is -0.464 e. The molecule has 2 aromatic rings. The summed E-state index contributed by atoms with van der Waals surface area (Å²) in [5, 5.41) is 0. The van der Waals surface area contributed by atoms with Gasteiger partial charge in [-0.15, -0.1) is 11.6 Å². The van der Waals surface area contributed by atoms with Gasteiger partial charge in [0.25, 0.3) is 0 Å². The molecule has 2 rings (SSSR count). The number of alkyl halides is 1. The third kappa shape index (κ3) is 3.64. The summed E-state index contributed by atoms with van der Waals surface area (Å²) in [4.78, 5) is 4.11. The first-order valence-corrected chi connectivity index (χ1v) is 8.43. The van der Waals surface area contributed by atoms with Crippen molar-refractivity contribution in [1.29, 1.82) is 0 Å². The Kier molecular flexibility index (Phi) is 5.03. The van der Waals surface area contributed by atoms with Crippen LogP contribution in [-0.4, -0.2) is 31.3 Å². The number of hydrogen-bond donors (Lipinski definition) is 0. The highest BCUT2D eigenvalue weighted by atomic mass is 35.5. The molecule has 0 spiro atoms. The number of nitrogens with zero attached hydrogens (tertiary/aromatic N) is 2. The van der Waals surface area contributed by atoms with E-state index in [1.807, 2.05) is 12.1 Å². The summed E-state index contributed by atoms with van der Waals surface area (Å²) in [7, 11) is -2.00. The van der Waals surface area contributed by atoms with Gasteiger partial charge in [0.15, 0.2) is 0 Å². The molecule has 0 atom stereocenters. The van der Waals surface area contributed by atoms with Crippen LogP contribution in [0.5, 0.6) is 0 Å². The second-order valence-electron chi connectivity index (χ2n) is 4.70. The van der Waals surface area contributed by atoms with Crippen LogP contribution in [0.15, 0.2) is 39.9 Å². The molecule has 0 bridgehead atoms. The Morgan fingerprint density at radius 1 is 1.33 bits per heavy atom. The quantitative estimate of drug-likeness (QED) is 0.765. The normalized spacial score (nSPS) is 12.0. The molecule has 0 aliphatic carbocycles. The van der Waals surface area contributed by atoms with Crippen LogP contribution in [0.2, 0.25) is 0 Å². The van der Waals surface area contributed by atoms with E-state index >= 15 is 0 Å². The lowest BCUT2D eigenvalue weighted by molar-refractivity contribution is 0.463. The number of likely N-dealkylation sites (N-methyl/N-ethyl adjacent to an activating group) is 1. The van der Waals surface area contributed by atoms with Gasteiger partial charge >= 0.3 is 0 Å². The summed E-state index contributed by atoms with van der Waals surface area (Å²) in [5.74, 6) is 0.966. The van der Waals surface area contributed by atoms with Crippen molar-refractivity contribution in [3.8, 4) is 0 Å². The van der Waals surface area contributed by atoms with Gasteiger partial charge < -0.3 is 4.42 Å². The fraction of sp³-hybridized carbons (Fsp3) is 0.357. The van der Waals surface area contributed by atoms with Crippen molar-refractivity contribution in [3.05, 3.63) is 47.7 Å². The monoisotopic (exact) mass is 328 g/mol. The molecule has 0 radical (unpaired) electrons. The Hall–Kier alpha value is -1.37. The lowest BCUT2D eigenvalue weighted by atomic mass is 10.2. The average Bonchev–Trinajstić information content (AvgIpc) is 2.87. The molecule has 0 aromatic carbocycles. The van der Waals surface area contributed by atoms with E-state index < -0.39 is 10.0 Å². The van der Waals surface area contributed by atoms with Gasteiger partial charge in [0.05, 0.1) is 5.88 Å². The van der Waals surface area contributed by atoms with Crippen molar-refractivity contribution in [1.82, 2.24) is 9.29 Å². The maximum Gasteiger partial charge on any atom is 0.246 e. The van der Waals surface area contributed by atoms with Crippen LogP contribution in [0.4, 0.5) is 0 Å². The molecule has 0 N–H and O–H groups in total. The molecule has 2 heterocycles. The van der Waals surface area contributed by atoms with Crippen LogP contribution < -0.4 is 0 Å². The summed E-state index contributed by atoms with van der Waals surface area (Å²) in [6.07, 6.45) is 4.01. The molecule has 0 unspecified atom stereocenters. The SMILES string of the molecule is Cc1oc(CCl)cc1S(=O)(=O)N(C)CCc1ccncc1. The fourth-order valence-electron chi connectivity index (χ4n) is 1.97. The van der Waals surface area contributed by atoms with Crippen LogP contribution in [0.3, 0.4) is 0 Å². The van der Waals surface area contributed by atoms with Gasteiger partial charge in [0.1, 0.15) is 16.4 Å². The third-order valence-electron chi connectivity index (χ3n) is 3.21. The summed E-state index contributed by atoms with van der Waals surface area (Å²) >= 11 is 5.67. The van der Waals surface area contributed by atoms with Gasteiger partial charge in [-0.05, 0) is 31.0 Å². The highest BCUT2D eigenvalue weighted by molar-refractivity contribution is 7.89. The molecular weight excluding hydrogens is 312 g/mol. The van der Waals surface area contributed by atoms with E-state index in [0.29, 0.717) is 24.5 Å². The van der Waals surface area contributed by atoms with E-state index in [0.717, 1.165) is 5.56 Å². The Morgan fingerprint density at radius 3 is 2.57 bits per heavy atom. The number of halogens is 1. The van der Waals surface area contributed by atoms with E-state index in [9.17, 15) is 8.42 Å². The van der Waals surface area contributed by atoms with E-state index in [-0.39, 0.29) is 10.8 Å². The van der Waals surface area contributed by atoms with Gasteiger partial charge in [-0.1, -0.05) is 0 Å². The molecular formula is C14H17ClN2O3S. The van der Waals surface area contributed by atoms with Gasteiger partial charge in [0, 0.05) is 32.1 Å². The van der Waals surface area contributed by atoms with Crippen LogP contribution in [0, 0.1) is 6.92 Å². The number of sulfonamides is 1. The number of pyridine rings is 1. The fourth-order valence-corrected chi connectivity index (χ4v) is 3.45. The molecule has 7 heteroatoms. The first kappa shape index (κ1) is 16.0. The predicted octanol–water partition coefficient (Wildman–Crippen LogP) is 2.59. The van der Waals surface area contributed by atoms with Crippen LogP contribution >= 0.6 is 11.6 Å². The molecule has 0 saturated carbocycles. The number of rotatable bonds is 6. The Bertz CT molecular complexity index is 698. The zero-order valence-corrected chi connectivity index (χ0v) is 13.5. The lowest BCUT2D eigenvalue weighted by Gasteiger charge is -2.16. The Morgan fingerprint density at radius 2 is 2.00 bits per heavy atom.